The van der Waals surface area contributed by atoms with Gasteiger partial charge in [0.15, 0.2) is 0 Å². The first kappa shape index (κ1) is 16.2. The van der Waals surface area contributed by atoms with E-state index in [1.54, 1.807) is 0 Å². The minimum absolute atomic E-state index is 0.0832. The molecule has 1 rings (SSSR count). The number of nitrogens with zero attached hydrogens (tertiary/aromatic N) is 2. The van der Waals surface area contributed by atoms with E-state index in [1.807, 2.05) is 12.1 Å². The number of nitrogens with two attached hydrogens (primary N) is 1. The smallest absolute Gasteiger partial charge is 0.0635 e. The van der Waals surface area contributed by atoms with E-state index in [4.69, 9.17) is 11.0 Å². The van der Waals surface area contributed by atoms with Crippen LogP contribution in [0.5, 0.6) is 0 Å². The quantitative estimate of drug-likeness (QED) is 0.835. The minimum atomic E-state index is 0.0832. The topological polar surface area (TPSA) is 53.0 Å². The normalized spacial score (nSPS) is 14.1. The highest BCUT2D eigenvalue weighted by Crippen LogP contribution is 2.26. The number of rotatable bonds is 7. The first-order valence-corrected chi connectivity index (χ1v) is 7.55. The van der Waals surface area contributed by atoms with Gasteiger partial charge in [-0.2, -0.15) is 5.26 Å². The Hall–Kier alpha value is -0.890. The van der Waals surface area contributed by atoms with Crippen molar-refractivity contribution >= 4 is 15.9 Å². The van der Waals surface area contributed by atoms with Gasteiger partial charge in [-0.05, 0) is 30.7 Å². The number of hydrogen-bond donors (Lipinski definition) is 1. The molecule has 1 aromatic carbocycles. The molecule has 0 aliphatic carbocycles. The van der Waals surface area contributed by atoms with Crippen LogP contribution in [-0.2, 0) is 0 Å². The van der Waals surface area contributed by atoms with Crippen LogP contribution in [0, 0.1) is 11.3 Å². The number of halogens is 1. The van der Waals surface area contributed by atoms with E-state index in [9.17, 15) is 0 Å². The van der Waals surface area contributed by atoms with E-state index in [0.29, 0.717) is 6.42 Å². The predicted molar refractivity (Wildman–Crippen MR) is 82.6 cm³/mol. The van der Waals surface area contributed by atoms with Crippen LogP contribution in [0.15, 0.2) is 28.7 Å². The van der Waals surface area contributed by atoms with Crippen molar-refractivity contribution in [2.24, 2.45) is 5.73 Å². The molecule has 0 radical (unpaired) electrons. The second-order valence-corrected chi connectivity index (χ2v) is 5.52. The summed E-state index contributed by atoms with van der Waals surface area (Å²) in [5.41, 5.74) is 7.52. The van der Waals surface area contributed by atoms with Crippen LogP contribution < -0.4 is 5.73 Å². The molecule has 4 heteroatoms. The summed E-state index contributed by atoms with van der Waals surface area (Å²) < 4.78 is 1.07. The highest BCUT2D eigenvalue weighted by atomic mass is 79.9. The van der Waals surface area contributed by atoms with Gasteiger partial charge < -0.3 is 5.73 Å². The molecular formula is C15H22BrN3. The fourth-order valence-corrected chi connectivity index (χ4v) is 2.56. The molecule has 1 aromatic rings. The summed E-state index contributed by atoms with van der Waals surface area (Å²) in [6, 6.07) is 10.8. The minimum Gasteiger partial charge on any atom is -0.326 e. The maximum absolute atomic E-state index is 8.78. The van der Waals surface area contributed by atoms with Gasteiger partial charge in [0.25, 0.3) is 0 Å². The fraction of sp³-hybridized carbons (Fsp3) is 0.533. The van der Waals surface area contributed by atoms with Crippen molar-refractivity contribution in [1.82, 2.24) is 4.90 Å². The molecule has 0 aliphatic rings. The average Bonchev–Trinajstić information content (AvgIpc) is 2.44. The van der Waals surface area contributed by atoms with Crippen molar-refractivity contribution in [2.75, 3.05) is 13.1 Å². The fourth-order valence-electron chi connectivity index (χ4n) is 2.30. The van der Waals surface area contributed by atoms with E-state index in [0.717, 1.165) is 24.0 Å². The number of likely N-dealkylation sites (N-methyl/N-ethyl adjacent to an activating group) is 1. The van der Waals surface area contributed by atoms with Crippen LogP contribution in [0.25, 0.3) is 0 Å². The molecule has 0 bridgehead atoms. The Morgan fingerprint density at radius 1 is 1.32 bits per heavy atom. The molecule has 0 heterocycles. The van der Waals surface area contributed by atoms with E-state index in [1.165, 1.54) is 5.56 Å². The third kappa shape index (κ3) is 4.61. The van der Waals surface area contributed by atoms with Gasteiger partial charge in [-0.1, -0.05) is 41.9 Å². The lowest BCUT2D eigenvalue weighted by Gasteiger charge is -2.34. The van der Waals surface area contributed by atoms with Crippen LogP contribution in [0.1, 0.15) is 38.3 Å². The number of benzene rings is 1. The zero-order valence-corrected chi connectivity index (χ0v) is 13.2. The molecule has 0 spiro atoms. The lowest BCUT2D eigenvalue weighted by atomic mass is 9.96. The summed E-state index contributed by atoms with van der Waals surface area (Å²) in [6.45, 7) is 5.89. The predicted octanol–water partition coefficient (Wildman–Crippen LogP) is 3.46. The van der Waals surface area contributed by atoms with Gasteiger partial charge in [-0.15, -0.1) is 0 Å². The molecular weight excluding hydrogens is 302 g/mol. The second-order valence-electron chi connectivity index (χ2n) is 4.61. The molecule has 2 atom stereocenters. The Morgan fingerprint density at radius 3 is 2.42 bits per heavy atom. The molecule has 0 saturated carbocycles. The molecule has 0 aromatic heterocycles. The Bertz CT molecular complexity index is 410. The molecule has 2 N–H and O–H groups in total. The van der Waals surface area contributed by atoms with Crippen molar-refractivity contribution in [1.29, 1.82) is 5.26 Å². The molecule has 0 amide bonds. The number of nitriles is 1. The van der Waals surface area contributed by atoms with Gasteiger partial charge in [-0.25, -0.2) is 0 Å². The summed E-state index contributed by atoms with van der Waals surface area (Å²) in [5, 5.41) is 8.78. The Morgan fingerprint density at radius 2 is 1.95 bits per heavy atom. The zero-order chi connectivity index (χ0) is 14.3. The second kappa shape index (κ2) is 8.31. The van der Waals surface area contributed by atoms with Gasteiger partial charge >= 0.3 is 0 Å². The maximum atomic E-state index is 8.78. The third-order valence-corrected chi connectivity index (χ3v) is 3.93. The first-order valence-electron chi connectivity index (χ1n) is 6.76. The van der Waals surface area contributed by atoms with Crippen LogP contribution in [0.2, 0.25) is 0 Å². The van der Waals surface area contributed by atoms with Crippen molar-refractivity contribution in [3.05, 3.63) is 34.3 Å². The highest BCUT2D eigenvalue weighted by Gasteiger charge is 2.24. The lowest BCUT2D eigenvalue weighted by Crippen LogP contribution is -2.41. The van der Waals surface area contributed by atoms with Crippen molar-refractivity contribution < 1.29 is 0 Å². The molecule has 0 aliphatic heterocycles. The van der Waals surface area contributed by atoms with Crippen LogP contribution >= 0.6 is 15.9 Å². The van der Waals surface area contributed by atoms with E-state index < -0.39 is 0 Å². The Balaban J connectivity index is 2.99. The SMILES string of the molecule is CCC(N)C(c1ccc(Br)cc1)N(CC)CCC#N. The van der Waals surface area contributed by atoms with E-state index >= 15 is 0 Å². The summed E-state index contributed by atoms with van der Waals surface area (Å²) in [4.78, 5) is 2.29. The molecule has 0 fully saturated rings. The zero-order valence-electron chi connectivity index (χ0n) is 11.6. The van der Waals surface area contributed by atoms with Gasteiger partial charge in [0.05, 0.1) is 6.07 Å². The first-order chi connectivity index (χ1) is 9.13. The average molecular weight is 324 g/mol. The standard InChI is InChI=1S/C15H22BrN3/c1-3-14(18)15(19(4-2)11-5-10-17)12-6-8-13(16)9-7-12/h6-9,14-15H,3-5,11,18H2,1-2H3. The molecule has 2 unspecified atom stereocenters. The van der Waals surface area contributed by atoms with Gasteiger partial charge in [0.2, 0.25) is 0 Å². The number of hydrogen-bond acceptors (Lipinski definition) is 3. The van der Waals surface area contributed by atoms with Crippen molar-refractivity contribution in [2.45, 2.75) is 38.8 Å². The highest BCUT2D eigenvalue weighted by molar-refractivity contribution is 9.10. The summed E-state index contributed by atoms with van der Waals surface area (Å²) in [5.74, 6) is 0. The Labute approximate surface area is 124 Å². The maximum Gasteiger partial charge on any atom is 0.0635 e. The van der Waals surface area contributed by atoms with Crippen LogP contribution in [0.4, 0.5) is 0 Å². The molecule has 3 nitrogen and oxygen atoms in total. The summed E-state index contributed by atoms with van der Waals surface area (Å²) in [6.07, 6.45) is 1.46. The third-order valence-electron chi connectivity index (χ3n) is 3.40. The van der Waals surface area contributed by atoms with Gasteiger partial charge in [-0.3, -0.25) is 4.90 Å². The lowest BCUT2D eigenvalue weighted by molar-refractivity contribution is 0.181. The summed E-state index contributed by atoms with van der Waals surface area (Å²) in [7, 11) is 0. The molecule has 19 heavy (non-hydrogen) atoms. The van der Waals surface area contributed by atoms with Crippen molar-refractivity contribution in [3.63, 3.8) is 0 Å². The van der Waals surface area contributed by atoms with E-state index in [-0.39, 0.29) is 12.1 Å². The Kier molecular flexibility index (Phi) is 7.07. The molecule has 0 saturated heterocycles. The van der Waals surface area contributed by atoms with Crippen molar-refractivity contribution in [3.8, 4) is 6.07 Å². The van der Waals surface area contributed by atoms with Gasteiger partial charge in [0, 0.05) is 29.5 Å². The largest absolute Gasteiger partial charge is 0.326 e. The van der Waals surface area contributed by atoms with Crippen LogP contribution in [0.3, 0.4) is 0 Å². The summed E-state index contributed by atoms with van der Waals surface area (Å²) >= 11 is 3.46. The molecule has 104 valence electrons. The van der Waals surface area contributed by atoms with Gasteiger partial charge in [0.1, 0.15) is 0 Å². The monoisotopic (exact) mass is 323 g/mol. The van der Waals surface area contributed by atoms with Crippen LogP contribution in [-0.4, -0.2) is 24.0 Å². The van der Waals surface area contributed by atoms with E-state index in [2.05, 4.69) is 52.9 Å².